The van der Waals surface area contributed by atoms with Crippen LogP contribution in [0.1, 0.15) is 30.9 Å². The number of hydrogen-bond donors (Lipinski definition) is 2. The van der Waals surface area contributed by atoms with Crippen molar-refractivity contribution in [1.29, 1.82) is 0 Å². The SMILES string of the molecule is CC(CCc1ccccc1)NC(=O)COc1ccc2c(c1)CCC(=O)N2. The monoisotopic (exact) mass is 352 g/mol. The molecule has 0 bridgehead atoms. The van der Waals surface area contributed by atoms with Gasteiger partial charge >= 0.3 is 0 Å². The molecule has 1 aliphatic heterocycles. The molecule has 1 unspecified atom stereocenters. The van der Waals surface area contributed by atoms with E-state index in [0.29, 0.717) is 18.6 Å². The Morgan fingerprint density at radius 2 is 2.00 bits per heavy atom. The van der Waals surface area contributed by atoms with Crippen molar-refractivity contribution in [2.24, 2.45) is 0 Å². The Morgan fingerprint density at radius 1 is 1.19 bits per heavy atom. The number of benzene rings is 2. The van der Waals surface area contributed by atoms with Crippen LogP contribution < -0.4 is 15.4 Å². The molecule has 0 aliphatic carbocycles. The molecule has 1 atom stereocenters. The summed E-state index contributed by atoms with van der Waals surface area (Å²) in [6.45, 7) is 1.99. The molecule has 2 amide bonds. The normalized spacial score (nSPS) is 14.1. The summed E-state index contributed by atoms with van der Waals surface area (Å²) in [6.07, 6.45) is 2.99. The highest BCUT2D eigenvalue weighted by Crippen LogP contribution is 2.26. The molecular weight excluding hydrogens is 328 g/mol. The Kier molecular flexibility index (Phi) is 5.89. The third kappa shape index (κ3) is 5.09. The number of fused-ring (bicyclic) bond motifs is 1. The molecule has 2 N–H and O–H groups in total. The smallest absolute Gasteiger partial charge is 0.258 e. The minimum Gasteiger partial charge on any atom is -0.484 e. The summed E-state index contributed by atoms with van der Waals surface area (Å²) < 4.78 is 5.60. The number of carbonyl (C=O) groups excluding carboxylic acids is 2. The van der Waals surface area contributed by atoms with Crippen LogP contribution in [0.4, 0.5) is 5.69 Å². The number of anilines is 1. The van der Waals surface area contributed by atoms with Gasteiger partial charge in [0.15, 0.2) is 6.61 Å². The van der Waals surface area contributed by atoms with E-state index in [0.717, 1.165) is 24.1 Å². The lowest BCUT2D eigenvalue weighted by Gasteiger charge is -2.18. The maximum atomic E-state index is 12.1. The summed E-state index contributed by atoms with van der Waals surface area (Å²) in [5, 5.41) is 5.80. The first-order chi connectivity index (χ1) is 12.6. The molecule has 0 spiro atoms. The average molecular weight is 352 g/mol. The molecule has 5 heteroatoms. The van der Waals surface area contributed by atoms with Crippen molar-refractivity contribution >= 4 is 17.5 Å². The molecule has 2 aromatic carbocycles. The van der Waals surface area contributed by atoms with Crippen LogP contribution in [-0.4, -0.2) is 24.5 Å². The first-order valence-corrected chi connectivity index (χ1v) is 8.99. The van der Waals surface area contributed by atoms with Crippen LogP contribution in [0.25, 0.3) is 0 Å². The Balaban J connectivity index is 1.43. The second kappa shape index (κ2) is 8.52. The first kappa shape index (κ1) is 18.0. The molecule has 0 saturated heterocycles. The number of aryl methyl sites for hydroxylation is 2. The van der Waals surface area contributed by atoms with E-state index in [1.165, 1.54) is 5.56 Å². The fourth-order valence-corrected chi connectivity index (χ4v) is 3.01. The fourth-order valence-electron chi connectivity index (χ4n) is 3.01. The summed E-state index contributed by atoms with van der Waals surface area (Å²) >= 11 is 0. The van der Waals surface area contributed by atoms with E-state index in [2.05, 4.69) is 22.8 Å². The van der Waals surface area contributed by atoms with Crippen LogP contribution >= 0.6 is 0 Å². The minimum absolute atomic E-state index is 0.0131. The minimum atomic E-state index is -0.128. The quantitative estimate of drug-likeness (QED) is 0.805. The Labute approximate surface area is 153 Å². The molecule has 0 fully saturated rings. The zero-order valence-electron chi connectivity index (χ0n) is 15.0. The second-order valence-corrected chi connectivity index (χ2v) is 6.65. The van der Waals surface area contributed by atoms with Crippen molar-refractivity contribution in [3.05, 3.63) is 59.7 Å². The van der Waals surface area contributed by atoms with E-state index < -0.39 is 0 Å². The standard InChI is InChI=1S/C21H24N2O3/c1-15(7-8-16-5-3-2-4-6-16)22-21(25)14-26-18-10-11-19-17(13-18)9-12-20(24)23-19/h2-6,10-11,13,15H,7-9,12,14H2,1H3,(H,22,25)(H,23,24). The highest BCUT2D eigenvalue weighted by atomic mass is 16.5. The second-order valence-electron chi connectivity index (χ2n) is 6.65. The molecule has 1 aliphatic rings. The number of hydrogen-bond acceptors (Lipinski definition) is 3. The van der Waals surface area contributed by atoms with Crippen LogP contribution in [0.3, 0.4) is 0 Å². The molecule has 0 aromatic heterocycles. The van der Waals surface area contributed by atoms with Crippen molar-refractivity contribution in [3.63, 3.8) is 0 Å². The number of ether oxygens (including phenoxy) is 1. The van der Waals surface area contributed by atoms with Gasteiger partial charge in [-0.3, -0.25) is 9.59 Å². The van der Waals surface area contributed by atoms with Gasteiger partial charge < -0.3 is 15.4 Å². The van der Waals surface area contributed by atoms with Crippen molar-refractivity contribution in [3.8, 4) is 5.75 Å². The van der Waals surface area contributed by atoms with Crippen LogP contribution in [0, 0.1) is 0 Å². The predicted octanol–water partition coefficient (Wildman–Crippen LogP) is 3.09. The van der Waals surface area contributed by atoms with E-state index in [9.17, 15) is 9.59 Å². The van der Waals surface area contributed by atoms with Gasteiger partial charge in [0.25, 0.3) is 5.91 Å². The number of amides is 2. The Bertz CT molecular complexity index is 774. The molecule has 1 heterocycles. The maximum Gasteiger partial charge on any atom is 0.258 e. The largest absolute Gasteiger partial charge is 0.484 e. The van der Waals surface area contributed by atoms with Gasteiger partial charge in [0.05, 0.1) is 0 Å². The number of rotatable bonds is 7. The topological polar surface area (TPSA) is 67.4 Å². The summed E-state index contributed by atoms with van der Waals surface area (Å²) in [6, 6.07) is 15.8. The fraction of sp³-hybridized carbons (Fsp3) is 0.333. The third-order valence-corrected chi connectivity index (χ3v) is 4.46. The highest BCUT2D eigenvalue weighted by Gasteiger charge is 2.15. The molecule has 0 radical (unpaired) electrons. The van der Waals surface area contributed by atoms with Crippen molar-refractivity contribution < 1.29 is 14.3 Å². The third-order valence-electron chi connectivity index (χ3n) is 4.46. The van der Waals surface area contributed by atoms with E-state index in [-0.39, 0.29) is 24.5 Å². The summed E-state index contributed by atoms with van der Waals surface area (Å²) in [7, 11) is 0. The molecule has 3 rings (SSSR count). The van der Waals surface area contributed by atoms with Crippen LogP contribution in [0.15, 0.2) is 48.5 Å². The van der Waals surface area contributed by atoms with Gasteiger partial charge in [0.2, 0.25) is 5.91 Å². The van der Waals surface area contributed by atoms with Crippen molar-refractivity contribution in [2.75, 3.05) is 11.9 Å². The summed E-state index contributed by atoms with van der Waals surface area (Å²) in [5.74, 6) is 0.554. The molecule has 5 nitrogen and oxygen atoms in total. The van der Waals surface area contributed by atoms with Gasteiger partial charge in [0, 0.05) is 18.2 Å². The van der Waals surface area contributed by atoms with Gasteiger partial charge in [-0.15, -0.1) is 0 Å². The lowest BCUT2D eigenvalue weighted by Crippen LogP contribution is -2.36. The van der Waals surface area contributed by atoms with Gasteiger partial charge in [-0.25, -0.2) is 0 Å². The number of carbonyl (C=O) groups is 2. The first-order valence-electron chi connectivity index (χ1n) is 8.99. The van der Waals surface area contributed by atoms with E-state index in [1.54, 1.807) is 6.07 Å². The summed E-state index contributed by atoms with van der Waals surface area (Å²) in [4.78, 5) is 23.5. The van der Waals surface area contributed by atoms with Gasteiger partial charge in [-0.1, -0.05) is 30.3 Å². The highest BCUT2D eigenvalue weighted by molar-refractivity contribution is 5.94. The van der Waals surface area contributed by atoms with Crippen LogP contribution in [-0.2, 0) is 22.4 Å². The van der Waals surface area contributed by atoms with Crippen LogP contribution in [0.5, 0.6) is 5.75 Å². The van der Waals surface area contributed by atoms with E-state index in [4.69, 9.17) is 4.74 Å². The lowest BCUT2D eigenvalue weighted by molar-refractivity contribution is -0.123. The lowest BCUT2D eigenvalue weighted by atomic mass is 10.0. The molecule has 136 valence electrons. The predicted molar refractivity (Wildman–Crippen MR) is 101 cm³/mol. The van der Waals surface area contributed by atoms with Gasteiger partial charge in [0.1, 0.15) is 5.75 Å². The molecule has 26 heavy (non-hydrogen) atoms. The molecule has 0 saturated carbocycles. The molecule has 2 aromatic rings. The molecular formula is C21H24N2O3. The van der Waals surface area contributed by atoms with E-state index in [1.807, 2.05) is 37.3 Å². The Hall–Kier alpha value is -2.82. The van der Waals surface area contributed by atoms with Gasteiger partial charge in [-0.2, -0.15) is 0 Å². The number of nitrogens with one attached hydrogen (secondary N) is 2. The van der Waals surface area contributed by atoms with E-state index >= 15 is 0 Å². The summed E-state index contributed by atoms with van der Waals surface area (Å²) in [5.41, 5.74) is 3.14. The van der Waals surface area contributed by atoms with Crippen LogP contribution in [0.2, 0.25) is 0 Å². The van der Waals surface area contributed by atoms with Crippen molar-refractivity contribution in [1.82, 2.24) is 5.32 Å². The van der Waals surface area contributed by atoms with Crippen molar-refractivity contribution in [2.45, 2.75) is 38.6 Å². The zero-order chi connectivity index (χ0) is 18.4. The zero-order valence-corrected chi connectivity index (χ0v) is 15.0. The average Bonchev–Trinajstić information content (AvgIpc) is 2.65. The Morgan fingerprint density at radius 3 is 2.81 bits per heavy atom. The maximum absolute atomic E-state index is 12.1. The van der Waals surface area contributed by atoms with Gasteiger partial charge in [-0.05, 0) is 55.5 Å².